The van der Waals surface area contributed by atoms with E-state index in [9.17, 15) is 4.79 Å². The van der Waals surface area contributed by atoms with Crippen molar-refractivity contribution >= 4 is 5.91 Å². The topological polar surface area (TPSA) is 46.3 Å². The van der Waals surface area contributed by atoms with E-state index in [1.54, 1.807) is 4.90 Å². The van der Waals surface area contributed by atoms with Crippen molar-refractivity contribution in [3.63, 3.8) is 0 Å². The molecule has 1 rings (SSSR count). The summed E-state index contributed by atoms with van der Waals surface area (Å²) in [4.78, 5) is 13.7. The average Bonchev–Trinajstić information content (AvgIpc) is 2.36. The highest BCUT2D eigenvalue weighted by Crippen LogP contribution is 2.19. The predicted molar refractivity (Wildman–Crippen MR) is 70.6 cm³/mol. The molecule has 0 heterocycles. The Hall–Kier alpha value is -1.35. The van der Waals surface area contributed by atoms with Gasteiger partial charge in [0.2, 0.25) is 5.91 Å². The van der Waals surface area contributed by atoms with Crippen LogP contribution in [0, 0.1) is 6.92 Å². The summed E-state index contributed by atoms with van der Waals surface area (Å²) in [5, 5.41) is 0. The first kappa shape index (κ1) is 13.7. The minimum absolute atomic E-state index is 0.000532. The van der Waals surface area contributed by atoms with Crippen LogP contribution in [-0.4, -0.2) is 23.9 Å². The summed E-state index contributed by atoms with van der Waals surface area (Å²) in [5.74, 6) is 0.000532. The number of rotatable bonds is 4. The zero-order valence-corrected chi connectivity index (χ0v) is 11.1. The molecule has 0 aliphatic carbocycles. The molecule has 1 unspecified atom stereocenters. The molecule has 1 aromatic carbocycles. The largest absolute Gasteiger partial charge is 0.338 e. The van der Waals surface area contributed by atoms with Crippen LogP contribution in [0.3, 0.4) is 0 Å². The zero-order valence-electron chi connectivity index (χ0n) is 11.1. The van der Waals surface area contributed by atoms with Gasteiger partial charge < -0.3 is 10.6 Å². The minimum Gasteiger partial charge on any atom is -0.338 e. The molecule has 1 amide bonds. The Morgan fingerprint density at radius 2 is 1.88 bits per heavy atom. The van der Waals surface area contributed by atoms with Crippen molar-refractivity contribution in [2.75, 3.05) is 7.05 Å². The van der Waals surface area contributed by atoms with Crippen molar-refractivity contribution < 1.29 is 4.79 Å². The van der Waals surface area contributed by atoms with Crippen molar-refractivity contribution in [2.45, 2.75) is 39.3 Å². The number of amides is 1. The van der Waals surface area contributed by atoms with E-state index in [2.05, 4.69) is 31.2 Å². The maximum absolute atomic E-state index is 12.0. The molecule has 2 atom stereocenters. The number of benzene rings is 1. The number of nitrogens with zero attached hydrogens (tertiary/aromatic N) is 1. The molecule has 3 nitrogen and oxygen atoms in total. The quantitative estimate of drug-likeness (QED) is 0.868. The number of aryl methyl sites for hydroxylation is 1. The van der Waals surface area contributed by atoms with Gasteiger partial charge in [-0.3, -0.25) is 4.79 Å². The lowest BCUT2D eigenvalue weighted by Gasteiger charge is -2.27. The highest BCUT2D eigenvalue weighted by molar-refractivity contribution is 5.81. The Balaban J connectivity index is 2.79. The molecule has 0 bridgehead atoms. The number of likely N-dealkylation sites (N-methyl/N-ethyl adjacent to an activating group) is 1. The molecular weight excluding hydrogens is 212 g/mol. The molecule has 94 valence electrons. The molecular formula is C14H22N2O. The molecule has 0 aliphatic rings. The fourth-order valence-corrected chi connectivity index (χ4v) is 1.70. The van der Waals surface area contributed by atoms with Crippen LogP contribution in [0.1, 0.15) is 37.4 Å². The second-order valence-corrected chi connectivity index (χ2v) is 4.55. The van der Waals surface area contributed by atoms with E-state index < -0.39 is 6.04 Å². The highest BCUT2D eigenvalue weighted by atomic mass is 16.2. The van der Waals surface area contributed by atoms with E-state index in [-0.39, 0.29) is 11.9 Å². The molecule has 0 saturated heterocycles. The van der Waals surface area contributed by atoms with Crippen molar-refractivity contribution in [2.24, 2.45) is 5.73 Å². The zero-order chi connectivity index (χ0) is 13.0. The second-order valence-electron chi connectivity index (χ2n) is 4.55. The van der Waals surface area contributed by atoms with E-state index in [4.69, 9.17) is 5.73 Å². The number of carbonyl (C=O) groups is 1. The maximum Gasteiger partial charge on any atom is 0.239 e. The van der Waals surface area contributed by atoms with Crippen molar-refractivity contribution in [1.82, 2.24) is 4.90 Å². The molecule has 1 aromatic rings. The number of carbonyl (C=O) groups excluding carboxylic acids is 1. The van der Waals surface area contributed by atoms with E-state index >= 15 is 0 Å². The normalized spacial score (nSPS) is 14.2. The van der Waals surface area contributed by atoms with Crippen LogP contribution in [-0.2, 0) is 4.79 Å². The first-order valence-electron chi connectivity index (χ1n) is 6.06. The monoisotopic (exact) mass is 234 g/mol. The first-order valence-corrected chi connectivity index (χ1v) is 6.06. The predicted octanol–water partition coefficient (Wildman–Crippen LogP) is 2.25. The lowest BCUT2D eigenvalue weighted by Crippen LogP contribution is -2.42. The van der Waals surface area contributed by atoms with Gasteiger partial charge in [-0.15, -0.1) is 0 Å². The Morgan fingerprint density at radius 1 is 1.35 bits per heavy atom. The lowest BCUT2D eigenvalue weighted by atomic mass is 10.0. The van der Waals surface area contributed by atoms with Crippen LogP contribution < -0.4 is 5.73 Å². The summed E-state index contributed by atoms with van der Waals surface area (Å²) in [5.41, 5.74) is 8.12. The summed E-state index contributed by atoms with van der Waals surface area (Å²) in [6.07, 6.45) is 0.670. The van der Waals surface area contributed by atoms with E-state index in [1.807, 2.05) is 20.9 Å². The van der Waals surface area contributed by atoms with Gasteiger partial charge >= 0.3 is 0 Å². The molecule has 0 aromatic heterocycles. The van der Waals surface area contributed by atoms with Crippen molar-refractivity contribution in [3.8, 4) is 0 Å². The molecule has 0 spiro atoms. The Bertz CT molecular complexity index is 372. The van der Waals surface area contributed by atoms with Crippen molar-refractivity contribution in [1.29, 1.82) is 0 Å². The van der Waals surface area contributed by atoms with Gasteiger partial charge in [0.1, 0.15) is 0 Å². The molecule has 0 aliphatic heterocycles. The Labute approximate surface area is 104 Å². The third-order valence-electron chi connectivity index (χ3n) is 3.25. The summed E-state index contributed by atoms with van der Waals surface area (Å²) in [6.45, 7) is 5.99. The fourth-order valence-electron chi connectivity index (χ4n) is 1.70. The van der Waals surface area contributed by atoms with Crippen molar-refractivity contribution in [3.05, 3.63) is 35.4 Å². The third-order valence-corrected chi connectivity index (χ3v) is 3.25. The van der Waals surface area contributed by atoms with Gasteiger partial charge in [0, 0.05) is 7.05 Å². The summed E-state index contributed by atoms with van der Waals surface area (Å²) < 4.78 is 0. The smallest absolute Gasteiger partial charge is 0.239 e. The molecule has 0 fully saturated rings. The Kier molecular flexibility index (Phi) is 4.70. The standard InChI is InChI=1S/C14H22N2O/c1-5-13(15)14(17)16(4)11(3)12-8-6-10(2)7-9-12/h6-9,11,13H,5,15H2,1-4H3/t11?,13-/m0/s1. The van der Waals surface area contributed by atoms with Gasteiger partial charge in [-0.05, 0) is 25.8 Å². The van der Waals surface area contributed by atoms with Gasteiger partial charge in [0.05, 0.1) is 12.1 Å². The van der Waals surface area contributed by atoms with E-state index in [1.165, 1.54) is 5.56 Å². The van der Waals surface area contributed by atoms with E-state index in [0.29, 0.717) is 6.42 Å². The summed E-state index contributed by atoms with van der Waals surface area (Å²) >= 11 is 0. The van der Waals surface area contributed by atoms with E-state index in [0.717, 1.165) is 5.56 Å². The lowest BCUT2D eigenvalue weighted by molar-refractivity contribution is -0.133. The van der Waals surface area contributed by atoms with Crippen LogP contribution >= 0.6 is 0 Å². The minimum atomic E-state index is -0.395. The number of hydrogen-bond donors (Lipinski definition) is 1. The van der Waals surface area contributed by atoms with Gasteiger partial charge in [-0.1, -0.05) is 36.8 Å². The van der Waals surface area contributed by atoms with Crippen LogP contribution in [0.5, 0.6) is 0 Å². The van der Waals surface area contributed by atoms with Gasteiger partial charge in [0.25, 0.3) is 0 Å². The molecule has 0 radical (unpaired) electrons. The van der Waals surface area contributed by atoms with Gasteiger partial charge in [0.15, 0.2) is 0 Å². The number of hydrogen-bond acceptors (Lipinski definition) is 2. The van der Waals surface area contributed by atoms with Crippen LogP contribution in [0.25, 0.3) is 0 Å². The second kappa shape index (κ2) is 5.82. The van der Waals surface area contributed by atoms with Crippen LogP contribution in [0.4, 0.5) is 0 Å². The Morgan fingerprint density at radius 3 is 2.35 bits per heavy atom. The average molecular weight is 234 g/mol. The molecule has 3 heteroatoms. The highest BCUT2D eigenvalue weighted by Gasteiger charge is 2.21. The molecule has 17 heavy (non-hydrogen) atoms. The third kappa shape index (κ3) is 3.30. The van der Waals surface area contributed by atoms with Gasteiger partial charge in [-0.2, -0.15) is 0 Å². The van der Waals surface area contributed by atoms with Crippen LogP contribution in [0.2, 0.25) is 0 Å². The summed E-state index contributed by atoms with van der Waals surface area (Å²) in [6, 6.07) is 7.89. The first-order chi connectivity index (χ1) is 7.97. The van der Waals surface area contributed by atoms with Crippen LogP contribution in [0.15, 0.2) is 24.3 Å². The SMILES string of the molecule is CC[C@H](N)C(=O)N(C)C(C)c1ccc(C)cc1. The number of nitrogens with two attached hydrogens (primary N) is 1. The fraction of sp³-hybridized carbons (Fsp3) is 0.500. The maximum atomic E-state index is 12.0. The summed E-state index contributed by atoms with van der Waals surface area (Å²) in [7, 11) is 1.81. The molecule has 2 N–H and O–H groups in total. The van der Waals surface area contributed by atoms with Gasteiger partial charge in [-0.25, -0.2) is 0 Å². The molecule has 0 saturated carbocycles.